The molecule has 118 valence electrons. The molecule has 1 aromatic heterocycles. The molecule has 4 nitrogen and oxygen atoms in total. The molecule has 1 aromatic carbocycles. The fraction of sp³-hybridized carbons (Fsp3) is 0.125. The highest BCUT2D eigenvalue weighted by atomic mass is 79.9. The lowest BCUT2D eigenvalue weighted by Crippen LogP contribution is -2.44. The van der Waals surface area contributed by atoms with E-state index in [0.717, 1.165) is 15.6 Å². The van der Waals surface area contributed by atoms with Crippen molar-refractivity contribution in [2.75, 3.05) is 6.26 Å². The number of carbonyl (C=O) groups excluding carboxylic acids is 1. The molecular weight excluding hydrogens is 396 g/mol. The van der Waals surface area contributed by atoms with Crippen molar-refractivity contribution >= 4 is 55.8 Å². The highest BCUT2D eigenvalue weighted by Gasteiger charge is 2.32. The molecular formula is C16H13BrN2O2S2. The second-order valence-electron chi connectivity index (χ2n) is 4.84. The van der Waals surface area contributed by atoms with E-state index in [1.54, 1.807) is 12.3 Å². The van der Waals surface area contributed by atoms with Gasteiger partial charge >= 0.3 is 6.03 Å². The number of urea groups is 1. The average Bonchev–Trinajstić information content (AvgIpc) is 3.08. The Labute approximate surface area is 151 Å². The number of carbonyl (C=O) groups is 1. The van der Waals surface area contributed by atoms with Gasteiger partial charge in [0.2, 0.25) is 0 Å². The number of thioether (sulfide) groups is 1. The third-order valence-corrected chi connectivity index (χ3v) is 5.29. The zero-order chi connectivity index (χ0) is 16.4. The monoisotopic (exact) mass is 408 g/mol. The fourth-order valence-corrected chi connectivity index (χ4v) is 3.34. The molecule has 2 N–H and O–H groups in total. The Morgan fingerprint density at radius 1 is 1.30 bits per heavy atom. The third kappa shape index (κ3) is 3.36. The Hall–Kier alpha value is -1.57. The van der Waals surface area contributed by atoms with Gasteiger partial charge in [-0.3, -0.25) is 0 Å². The molecule has 3 rings (SSSR count). The number of amides is 2. The number of rotatable bonds is 3. The summed E-state index contributed by atoms with van der Waals surface area (Å²) in [7, 11) is 0. The first kappa shape index (κ1) is 16.3. The average molecular weight is 409 g/mol. The first-order chi connectivity index (χ1) is 11.1. The van der Waals surface area contributed by atoms with Gasteiger partial charge in [-0.05, 0) is 36.1 Å². The van der Waals surface area contributed by atoms with Crippen LogP contribution in [0, 0.1) is 0 Å². The van der Waals surface area contributed by atoms with Gasteiger partial charge in [0.1, 0.15) is 0 Å². The van der Waals surface area contributed by atoms with Gasteiger partial charge in [0, 0.05) is 10.0 Å². The minimum Gasteiger partial charge on any atom is -0.463 e. The van der Waals surface area contributed by atoms with Gasteiger partial charge in [-0.15, -0.1) is 11.8 Å². The zero-order valence-electron chi connectivity index (χ0n) is 12.1. The van der Waals surface area contributed by atoms with Crippen LogP contribution in [0.1, 0.15) is 17.4 Å². The van der Waals surface area contributed by atoms with E-state index in [4.69, 9.17) is 16.6 Å². The molecule has 2 amide bonds. The Morgan fingerprint density at radius 3 is 2.65 bits per heavy atom. The molecule has 23 heavy (non-hydrogen) atoms. The normalized spacial score (nSPS) is 17.7. The van der Waals surface area contributed by atoms with E-state index < -0.39 is 0 Å². The van der Waals surface area contributed by atoms with E-state index in [-0.39, 0.29) is 12.1 Å². The van der Waals surface area contributed by atoms with Gasteiger partial charge < -0.3 is 15.1 Å². The maximum absolute atomic E-state index is 12.1. The molecule has 0 saturated carbocycles. The minimum absolute atomic E-state index is 0.281. The number of hydrogen-bond acceptors (Lipinski definition) is 4. The summed E-state index contributed by atoms with van der Waals surface area (Å²) in [6, 6.07) is 10.8. The molecule has 1 atom stereocenters. The Bertz CT molecular complexity index is 770. The van der Waals surface area contributed by atoms with Gasteiger partial charge in [-0.2, -0.15) is 0 Å². The molecule has 1 aliphatic heterocycles. The summed E-state index contributed by atoms with van der Waals surface area (Å²) < 4.78 is 7.16. The van der Waals surface area contributed by atoms with Crippen LogP contribution in [0.4, 0.5) is 4.79 Å². The molecule has 0 aliphatic carbocycles. The largest absolute Gasteiger partial charge is 0.463 e. The quantitative estimate of drug-likeness (QED) is 0.734. The number of thiocarbonyl (C=S) groups is 1. The van der Waals surface area contributed by atoms with Crippen molar-refractivity contribution in [3.8, 4) is 0 Å². The Kier molecular flexibility index (Phi) is 4.89. The predicted octanol–water partition coefficient (Wildman–Crippen LogP) is 4.50. The number of hydrogen-bond donors (Lipinski definition) is 2. The number of benzene rings is 1. The topological polar surface area (TPSA) is 54.3 Å². The van der Waals surface area contributed by atoms with Crippen molar-refractivity contribution in [2.24, 2.45) is 0 Å². The molecule has 0 bridgehead atoms. The maximum Gasteiger partial charge on any atom is 0.320 e. The van der Waals surface area contributed by atoms with E-state index in [9.17, 15) is 4.79 Å². The third-order valence-electron chi connectivity index (χ3n) is 3.45. The molecule has 0 saturated heterocycles. The molecule has 2 heterocycles. The lowest BCUT2D eigenvalue weighted by molar-refractivity contribution is 0.241. The van der Waals surface area contributed by atoms with Crippen molar-refractivity contribution < 1.29 is 9.21 Å². The first-order valence-corrected chi connectivity index (χ1v) is 9.22. The van der Waals surface area contributed by atoms with Crippen molar-refractivity contribution in [1.82, 2.24) is 10.6 Å². The predicted molar refractivity (Wildman–Crippen MR) is 100 cm³/mol. The van der Waals surface area contributed by atoms with Crippen molar-refractivity contribution in [3.05, 3.63) is 64.0 Å². The maximum atomic E-state index is 12.1. The molecule has 0 fully saturated rings. The van der Waals surface area contributed by atoms with Crippen molar-refractivity contribution in [3.63, 3.8) is 0 Å². The zero-order valence-corrected chi connectivity index (χ0v) is 15.3. The van der Waals surface area contributed by atoms with E-state index >= 15 is 0 Å². The minimum atomic E-state index is -0.322. The SMILES string of the molecule is CSC(=S)C1=C(c2ccco2)NC(=O)NC1c1ccc(Br)cc1. The van der Waals surface area contributed by atoms with Crippen LogP contribution >= 0.6 is 39.9 Å². The molecule has 2 aromatic rings. The van der Waals surface area contributed by atoms with E-state index in [1.165, 1.54) is 11.8 Å². The molecule has 1 unspecified atom stereocenters. The van der Waals surface area contributed by atoms with Gasteiger partial charge in [0.05, 0.1) is 22.2 Å². The second-order valence-corrected chi connectivity index (χ2v) is 7.24. The van der Waals surface area contributed by atoms with Crippen LogP contribution in [0.15, 0.2) is 57.1 Å². The molecule has 1 aliphatic rings. The standard InChI is InChI=1S/C16H13BrN2O2S2/c1-23-15(22)12-13(9-4-6-10(17)7-5-9)18-16(20)19-14(12)11-3-2-8-21-11/h2-8,13H,1H3,(H2,18,19,20). The first-order valence-electron chi connectivity index (χ1n) is 6.79. The summed E-state index contributed by atoms with van der Waals surface area (Å²) in [5, 5.41) is 5.76. The van der Waals surface area contributed by atoms with Crippen LogP contribution in [0.25, 0.3) is 5.70 Å². The van der Waals surface area contributed by atoms with Gasteiger partial charge in [-0.25, -0.2) is 4.79 Å². The van der Waals surface area contributed by atoms with E-state index in [1.807, 2.05) is 36.6 Å². The summed E-state index contributed by atoms with van der Waals surface area (Å²) in [6.07, 6.45) is 3.50. The highest BCUT2D eigenvalue weighted by molar-refractivity contribution is 9.10. The fourth-order valence-electron chi connectivity index (χ4n) is 2.41. The molecule has 0 spiro atoms. The van der Waals surface area contributed by atoms with Crippen LogP contribution in [-0.4, -0.2) is 16.5 Å². The Morgan fingerprint density at radius 2 is 2.04 bits per heavy atom. The number of furan rings is 1. The molecule has 7 heteroatoms. The van der Waals surface area contributed by atoms with Crippen molar-refractivity contribution in [1.29, 1.82) is 0 Å². The van der Waals surface area contributed by atoms with Crippen LogP contribution in [0.2, 0.25) is 0 Å². The highest BCUT2D eigenvalue weighted by Crippen LogP contribution is 2.34. The Balaban J connectivity index is 2.16. The van der Waals surface area contributed by atoms with Crippen LogP contribution < -0.4 is 10.6 Å². The van der Waals surface area contributed by atoms with Gasteiger partial charge in [-0.1, -0.05) is 40.3 Å². The van der Waals surface area contributed by atoms with Crippen LogP contribution in [0.5, 0.6) is 0 Å². The van der Waals surface area contributed by atoms with E-state index in [2.05, 4.69) is 26.6 Å². The molecule has 0 radical (unpaired) electrons. The summed E-state index contributed by atoms with van der Waals surface area (Å²) >= 11 is 10.4. The lowest BCUT2D eigenvalue weighted by atomic mass is 9.95. The van der Waals surface area contributed by atoms with Crippen LogP contribution in [0.3, 0.4) is 0 Å². The number of halogens is 1. The second kappa shape index (κ2) is 6.90. The number of nitrogens with one attached hydrogen (secondary N) is 2. The van der Waals surface area contributed by atoms with E-state index in [0.29, 0.717) is 15.7 Å². The summed E-state index contributed by atoms with van der Waals surface area (Å²) in [5.41, 5.74) is 2.41. The van der Waals surface area contributed by atoms with Gasteiger partial charge in [0.25, 0.3) is 0 Å². The smallest absolute Gasteiger partial charge is 0.320 e. The summed E-state index contributed by atoms with van der Waals surface area (Å²) in [6.45, 7) is 0. The lowest BCUT2D eigenvalue weighted by Gasteiger charge is -2.30. The van der Waals surface area contributed by atoms with Crippen LogP contribution in [-0.2, 0) is 0 Å². The summed E-state index contributed by atoms with van der Waals surface area (Å²) in [5.74, 6) is 0.591. The van der Waals surface area contributed by atoms with Crippen molar-refractivity contribution in [2.45, 2.75) is 6.04 Å². The summed E-state index contributed by atoms with van der Waals surface area (Å²) in [4.78, 5) is 12.1. The van der Waals surface area contributed by atoms with Gasteiger partial charge in [0.15, 0.2) is 5.76 Å².